The molecular formula is C23H23N5O2. The quantitative estimate of drug-likeness (QED) is 0.823. The lowest BCUT2D eigenvalue weighted by atomic mass is 9.76. The highest BCUT2D eigenvalue weighted by molar-refractivity contribution is 6.11. The molecule has 0 saturated carbocycles. The van der Waals surface area contributed by atoms with Crippen LogP contribution in [0.5, 0.6) is 0 Å². The minimum atomic E-state index is -0.867. The molecule has 2 aliphatic heterocycles. The summed E-state index contributed by atoms with van der Waals surface area (Å²) in [5, 5.41) is 14.9. The first kappa shape index (κ1) is 19.8. The zero-order valence-corrected chi connectivity index (χ0v) is 16.5. The fourth-order valence-corrected chi connectivity index (χ4v) is 4.10. The van der Waals surface area contributed by atoms with Crippen molar-refractivity contribution in [3.8, 4) is 6.07 Å². The molecule has 1 atom stereocenters. The minimum Gasteiger partial charge on any atom is -0.299 e. The fraction of sp³-hybridized carbons (Fsp3) is 0.304. The van der Waals surface area contributed by atoms with Crippen molar-refractivity contribution in [2.45, 2.75) is 24.9 Å². The molecule has 1 spiro atoms. The standard InChI is InChI=1S/C23H23N5O2/c24-15-19-21(30)26-22(25-20(29)18-9-5-2-6-10-18)27-23(19)11-13-28(14-12-23)16-17-7-3-1-4-8-17/h1-10,19H,11-14,16H2,(H2,25,26,27,29,30). The van der Waals surface area contributed by atoms with Gasteiger partial charge in [-0.15, -0.1) is 0 Å². The Labute approximate surface area is 175 Å². The molecular weight excluding hydrogens is 378 g/mol. The van der Waals surface area contributed by atoms with E-state index in [9.17, 15) is 14.9 Å². The molecule has 30 heavy (non-hydrogen) atoms. The zero-order valence-electron chi connectivity index (χ0n) is 16.5. The molecule has 0 aromatic heterocycles. The Kier molecular flexibility index (Phi) is 5.59. The second kappa shape index (κ2) is 8.47. The van der Waals surface area contributed by atoms with Gasteiger partial charge in [0.25, 0.3) is 5.91 Å². The third kappa shape index (κ3) is 4.09. The van der Waals surface area contributed by atoms with Crippen molar-refractivity contribution in [3.63, 3.8) is 0 Å². The lowest BCUT2D eigenvalue weighted by molar-refractivity contribution is -0.125. The van der Waals surface area contributed by atoms with E-state index in [1.54, 1.807) is 24.3 Å². The van der Waals surface area contributed by atoms with Crippen LogP contribution in [0.25, 0.3) is 0 Å². The van der Waals surface area contributed by atoms with E-state index in [1.807, 2.05) is 24.3 Å². The highest BCUT2D eigenvalue weighted by Crippen LogP contribution is 2.36. The van der Waals surface area contributed by atoms with Gasteiger partial charge in [0.15, 0.2) is 5.92 Å². The van der Waals surface area contributed by atoms with Crippen LogP contribution in [0, 0.1) is 17.2 Å². The van der Waals surface area contributed by atoms with Gasteiger partial charge in [0.2, 0.25) is 11.9 Å². The number of nitrogens with one attached hydrogen (secondary N) is 2. The van der Waals surface area contributed by atoms with Gasteiger partial charge < -0.3 is 0 Å². The Morgan fingerprint density at radius 1 is 1.13 bits per heavy atom. The molecule has 7 nitrogen and oxygen atoms in total. The summed E-state index contributed by atoms with van der Waals surface area (Å²) in [6.07, 6.45) is 1.16. The van der Waals surface area contributed by atoms with E-state index < -0.39 is 17.4 Å². The Morgan fingerprint density at radius 3 is 2.40 bits per heavy atom. The summed E-state index contributed by atoms with van der Waals surface area (Å²) in [6, 6.07) is 21.1. The van der Waals surface area contributed by atoms with Gasteiger partial charge in [0, 0.05) is 25.2 Å². The van der Waals surface area contributed by atoms with Crippen LogP contribution >= 0.6 is 0 Å². The number of aliphatic imine (C=N–C) groups is 1. The van der Waals surface area contributed by atoms with Crippen molar-refractivity contribution < 1.29 is 9.59 Å². The fourth-order valence-electron chi connectivity index (χ4n) is 4.10. The molecule has 2 aliphatic rings. The Bertz CT molecular complexity index is 989. The number of carbonyl (C=O) groups is 2. The van der Waals surface area contributed by atoms with E-state index in [0.717, 1.165) is 19.6 Å². The number of piperidine rings is 1. The summed E-state index contributed by atoms with van der Waals surface area (Å²) >= 11 is 0. The van der Waals surface area contributed by atoms with Crippen LogP contribution in [0.4, 0.5) is 0 Å². The average Bonchev–Trinajstić information content (AvgIpc) is 2.77. The lowest BCUT2D eigenvalue weighted by Gasteiger charge is -2.43. The van der Waals surface area contributed by atoms with Gasteiger partial charge in [-0.2, -0.15) is 5.26 Å². The number of hydrogen-bond donors (Lipinski definition) is 2. The van der Waals surface area contributed by atoms with Crippen LogP contribution < -0.4 is 10.6 Å². The SMILES string of the molecule is N#CC1C(=O)NC(NC(=O)c2ccccc2)=NC12CCN(Cc1ccccc1)CC2. The first-order chi connectivity index (χ1) is 14.6. The van der Waals surface area contributed by atoms with Gasteiger partial charge in [0.1, 0.15) is 0 Å². The van der Waals surface area contributed by atoms with Gasteiger partial charge >= 0.3 is 0 Å². The summed E-state index contributed by atoms with van der Waals surface area (Å²) in [4.78, 5) is 32.1. The number of guanidine groups is 1. The van der Waals surface area contributed by atoms with Crippen LogP contribution in [0.15, 0.2) is 65.7 Å². The van der Waals surface area contributed by atoms with Crippen LogP contribution in [-0.2, 0) is 11.3 Å². The predicted molar refractivity (Wildman–Crippen MR) is 112 cm³/mol. The molecule has 2 N–H and O–H groups in total. The third-order valence-electron chi connectivity index (χ3n) is 5.74. The number of benzene rings is 2. The van der Waals surface area contributed by atoms with E-state index in [-0.39, 0.29) is 11.9 Å². The number of nitriles is 1. The molecule has 2 aromatic rings. The Balaban J connectivity index is 1.50. The maximum absolute atomic E-state index is 12.6. The van der Waals surface area contributed by atoms with Gasteiger partial charge in [0.05, 0.1) is 11.6 Å². The topological polar surface area (TPSA) is 97.6 Å². The Morgan fingerprint density at radius 2 is 1.77 bits per heavy atom. The monoisotopic (exact) mass is 401 g/mol. The number of nitrogens with zero attached hydrogens (tertiary/aromatic N) is 3. The molecule has 0 aliphatic carbocycles. The van der Waals surface area contributed by atoms with Crippen molar-refractivity contribution in [1.29, 1.82) is 5.26 Å². The van der Waals surface area contributed by atoms with Crippen molar-refractivity contribution >= 4 is 17.8 Å². The van der Waals surface area contributed by atoms with E-state index in [2.05, 4.69) is 38.7 Å². The van der Waals surface area contributed by atoms with Crippen LogP contribution in [-0.4, -0.2) is 41.3 Å². The molecule has 1 fully saturated rings. The summed E-state index contributed by atoms with van der Waals surface area (Å²) in [5.41, 5.74) is 0.887. The maximum Gasteiger partial charge on any atom is 0.257 e. The largest absolute Gasteiger partial charge is 0.299 e. The van der Waals surface area contributed by atoms with Crippen molar-refractivity contribution in [3.05, 3.63) is 71.8 Å². The predicted octanol–water partition coefficient (Wildman–Crippen LogP) is 2.08. The minimum absolute atomic E-state index is 0.122. The van der Waals surface area contributed by atoms with Crippen LogP contribution in [0.3, 0.4) is 0 Å². The first-order valence-corrected chi connectivity index (χ1v) is 10.0. The first-order valence-electron chi connectivity index (χ1n) is 10.0. The van der Waals surface area contributed by atoms with Gasteiger partial charge in [-0.1, -0.05) is 48.5 Å². The third-order valence-corrected chi connectivity index (χ3v) is 5.74. The highest BCUT2D eigenvalue weighted by Gasteiger charge is 2.48. The number of likely N-dealkylation sites (tertiary alicyclic amines) is 1. The molecule has 4 rings (SSSR count). The lowest BCUT2D eigenvalue weighted by Crippen LogP contribution is -2.60. The molecule has 1 saturated heterocycles. The molecule has 152 valence electrons. The molecule has 0 radical (unpaired) electrons. The second-order valence-electron chi connectivity index (χ2n) is 7.70. The Hall–Kier alpha value is -3.50. The second-order valence-corrected chi connectivity index (χ2v) is 7.70. The van der Waals surface area contributed by atoms with Crippen LogP contribution in [0.1, 0.15) is 28.8 Å². The van der Waals surface area contributed by atoms with Crippen molar-refractivity contribution in [2.75, 3.05) is 13.1 Å². The molecule has 0 bridgehead atoms. The molecule has 2 aromatic carbocycles. The van der Waals surface area contributed by atoms with Crippen molar-refractivity contribution in [2.24, 2.45) is 10.9 Å². The van der Waals surface area contributed by atoms with Crippen molar-refractivity contribution in [1.82, 2.24) is 15.5 Å². The summed E-state index contributed by atoms with van der Waals surface area (Å²) in [6.45, 7) is 2.27. The maximum atomic E-state index is 12.6. The normalized spacial score (nSPS) is 20.7. The van der Waals surface area contributed by atoms with Gasteiger partial charge in [-0.05, 0) is 30.5 Å². The number of carbonyl (C=O) groups excluding carboxylic acids is 2. The van der Waals surface area contributed by atoms with E-state index in [4.69, 9.17) is 0 Å². The zero-order chi connectivity index (χ0) is 21.0. The summed E-state index contributed by atoms with van der Waals surface area (Å²) in [5.74, 6) is -1.50. The summed E-state index contributed by atoms with van der Waals surface area (Å²) in [7, 11) is 0. The van der Waals surface area contributed by atoms with E-state index >= 15 is 0 Å². The number of rotatable bonds is 3. The average molecular weight is 401 g/mol. The van der Waals surface area contributed by atoms with Crippen LogP contribution in [0.2, 0.25) is 0 Å². The van der Waals surface area contributed by atoms with Gasteiger partial charge in [-0.3, -0.25) is 25.1 Å². The van der Waals surface area contributed by atoms with E-state index in [1.165, 1.54) is 5.56 Å². The molecule has 2 heterocycles. The van der Waals surface area contributed by atoms with E-state index in [0.29, 0.717) is 18.4 Å². The number of hydrogen-bond acceptors (Lipinski definition) is 5. The molecule has 2 amide bonds. The number of amides is 2. The molecule has 7 heteroatoms. The molecule has 1 unspecified atom stereocenters. The summed E-state index contributed by atoms with van der Waals surface area (Å²) < 4.78 is 0. The smallest absolute Gasteiger partial charge is 0.257 e. The van der Waals surface area contributed by atoms with Gasteiger partial charge in [-0.25, -0.2) is 4.99 Å². The highest BCUT2D eigenvalue weighted by atomic mass is 16.2.